The molecule has 0 aliphatic rings. The maximum absolute atomic E-state index is 11.5. The second-order valence-corrected chi connectivity index (χ2v) is 10.4. The Morgan fingerprint density at radius 3 is 1.20 bits per heavy atom. The van der Waals surface area contributed by atoms with Gasteiger partial charge >= 0.3 is 29.6 Å². The summed E-state index contributed by atoms with van der Waals surface area (Å²) in [7, 11) is -4.16. The fourth-order valence-electron chi connectivity index (χ4n) is 4.01. The van der Waals surface area contributed by atoms with E-state index in [0.717, 1.165) is 57.8 Å². The third kappa shape index (κ3) is 23.5. The molecule has 4 nitrogen and oxygen atoms in total. The van der Waals surface area contributed by atoms with Crippen molar-refractivity contribution in [3.8, 4) is 0 Å². The topological polar surface area (TPSA) is 77.4 Å². The molecule has 0 amide bonds. The van der Waals surface area contributed by atoms with Crippen LogP contribution in [0.3, 0.4) is 0 Å². The first kappa shape index (κ1) is 33.0. The first-order valence-electron chi connectivity index (χ1n) is 12.6. The van der Waals surface area contributed by atoms with E-state index in [1.807, 2.05) is 0 Å². The SMILES string of the molecule is CCCCCCCCCCCCCC(CCCCCCCCCCO)S(=O)(=O)[O-].[Na+]. The van der Waals surface area contributed by atoms with Gasteiger partial charge in [0.1, 0.15) is 0 Å². The van der Waals surface area contributed by atoms with Gasteiger partial charge in [0.05, 0.1) is 10.1 Å². The van der Waals surface area contributed by atoms with Crippen molar-refractivity contribution in [2.45, 2.75) is 147 Å². The second kappa shape index (κ2) is 24.5. The predicted molar refractivity (Wildman–Crippen MR) is 123 cm³/mol. The minimum atomic E-state index is -4.16. The Kier molecular flexibility index (Phi) is 27.0. The molecule has 0 heterocycles. The quantitative estimate of drug-likeness (QED) is 0.143. The minimum Gasteiger partial charge on any atom is -0.748 e. The van der Waals surface area contributed by atoms with E-state index in [9.17, 15) is 13.0 Å². The van der Waals surface area contributed by atoms with Crippen molar-refractivity contribution in [3.05, 3.63) is 0 Å². The van der Waals surface area contributed by atoms with E-state index in [0.29, 0.717) is 12.8 Å². The molecule has 0 saturated carbocycles. The van der Waals surface area contributed by atoms with Gasteiger partial charge in [-0.2, -0.15) is 0 Å². The van der Waals surface area contributed by atoms with Crippen molar-refractivity contribution in [1.82, 2.24) is 0 Å². The van der Waals surface area contributed by atoms with Crippen molar-refractivity contribution >= 4 is 10.1 Å². The molecule has 0 aromatic carbocycles. The van der Waals surface area contributed by atoms with E-state index in [1.54, 1.807) is 0 Å². The van der Waals surface area contributed by atoms with Crippen molar-refractivity contribution in [1.29, 1.82) is 0 Å². The summed E-state index contributed by atoms with van der Waals surface area (Å²) in [5.41, 5.74) is 0. The predicted octanol–water partition coefficient (Wildman–Crippen LogP) is 4.11. The van der Waals surface area contributed by atoms with Crippen molar-refractivity contribution in [3.63, 3.8) is 0 Å². The molecule has 1 atom stereocenters. The molecule has 0 radical (unpaired) electrons. The maximum atomic E-state index is 11.5. The zero-order valence-electron chi connectivity index (χ0n) is 20.2. The van der Waals surface area contributed by atoms with E-state index in [-0.39, 0.29) is 36.2 Å². The molecule has 1 N–H and O–H groups in total. The van der Waals surface area contributed by atoms with E-state index in [1.165, 1.54) is 64.2 Å². The van der Waals surface area contributed by atoms with Gasteiger partial charge < -0.3 is 9.66 Å². The third-order valence-electron chi connectivity index (χ3n) is 5.97. The van der Waals surface area contributed by atoms with Gasteiger partial charge in [0.15, 0.2) is 0 Å². The molecule has 176 valence electrons. The van der Waals surface area contributed by atoms with Crippen LogP contribution in [0.2, 0.25) is 0 Å². The minimum absolute atomic E-state index is 0. The number of hydrogen-bond acceptors (Lipinski definition) is 4. The Hall–Kier alpha value is 0.870. The normalized spacial score (nSPS) is 12.6. The molecular formula is C24H49NaO4S. The Morgan fingerprint density at radius 2 is 0.900 bits per heavy atom. The molecule has 30 heavy (non-hydrogen) atoms. The van der Waals surface area contributed by atoms with Gasteiger partial charge in [-0.3, -0.25) is 0 Å². The van der Waals surface area contributed by atoms with Crippen molar-refractivity contribution in [2.75, 3.05) is 6.61 Å². The number of rotatable bonds is 23. The van der Waals surface area contributed by atoms with Gasteiger partial charge in [-0.05, 0) is 19.3 Å². The molecule has 0 aromatic rings. The van der Waals surface area contributed by atoms with Crippen LogP contribution < -0.4 is 29.6 Å². The van der Waals surface area contributed by atoms with Crippen LogP contribution in [0.5, 0.6) is 0 Å². The van der Waals surface area contributed by atoms with Crippen molar-refractivity contribution in [2.24, 2.45) is 0 Å². The van der Waals surface area contributed by atoms with E-state index >= 15 is 0 Å². The standard InChI is InChI=1S/C24H50O4S.Na/c1-2-3-4-5-6-7-8-9-12-15-18-21-24(29(26,27)28)22-19-16-13-10-11-14-17-20-23-25;/h24-25H,2-23H2,1H3,(H,26,27,28);/q;+1/p-1. The van der Waals surface area contributed by atoms with Gasteiger partial charge in [0, 0.05) is 11.9 Å². The molecule has 0 saturated heterocycles. The van der Waals surface area contributed by atoms with Crippen LogP contribution >= 0.6 is 0 Å². The largest absolute Gasteiger partial charge is 1.00 e. The molecule has 0 aliphatic heterocycles. The summed E-state index contributed by atoms with van der Waals surface area (Å²) in [4.78, 5) is 0. The summed E-state index contributed by atoms with van der Waals surface area (Å²) in [5.74, 6) is 0. The van der Waals surface area contributed by atoms with Crippen LogP contribution in [-0.2, 0) is 10.1 Å². The monoisotopic (exact) mass is 456 g/mol. The number of hydrogen-bond donors (Lipinski definition) is 1. The summed E-state index contributed by atoms with van der Waals surface area (Å²) >= 11 is 0. The molecule has 1 unspecified atom stereocenters. The molecular weight excluding hydrogens is 407 g/mol. The van der Waals surface area contributed by atoms with Crippen LogP contribution in [0.25, 0.3) is 0 Å². The van der Waals surface area contributed by atoms with Gasteiger partial charge in [-0.25, -0.2) is 8.42 Å². The van der Waals surface area contributed by atoms with Crippen LogP contribution in [0, 0.1) is 0 Å². The second-order valence-electron chi connectivity index (χ2n) is 8.78. The summed E-state index contributed by atoms with van der Waals surface area (Å²) in [6.45, 7) is 2.52. The first-order chi connectivity index (χ1) is 14.0. The molecule has 0 aliphatic carbocycles. The number of aliphatic hydroxyl groups excluding tert-OH is 1. The van der Waals surface area contributed by atoms with Crippen LogP contribution in [0.1, 0.15) is 142 Å². The summed E-state index contributed by atoms with van der Waals surface area (Å²) < 4.78 is 34.6. The van der Waals surface area contributed by atoms with E-state index in [2.05, 4.69) is 6.92 Å². The number of unbranched alkanes of at least 4 members (excludes halogenated alkanes) is 17. The summed E-state index contributed by atoms with van der Waals surface area (Å²) in [6.07, 6.45) is 23.2. The van der Waals surface area contributed by atoms with Gasteiger partial charge in [0.25, 0.3) is 0 Å². The van der Waals surface area contributed by atoms with Crippen LogP contribution in [0.15, 0.2) is 0 Å². The summed E-state index contributed by atoms with van der Waals surface area (Å²) in [5, 5.41) is 8.07. The summed E-state index contributed by atoms with van der Waals surface area (Å²) in [6, 6.07) is 0. The van der Waals surface area contributed by atoms with Gasteiger partial charge in [0.2, 0.25) is 0 Å². The maximum Gasteiger partial charge on any atom is 1.00 e. The average molecular weight is 457 g/mol. The Bertz CT molecular complexity index is 429. The van der Waals surface area contributed by atoms with E-state index in [4.69, 9.17) is 5.11 Å². The van der Waals surface area contributed by atoms with E-state index < -0.39 is 15.4 Å². The molecule has 0 aromatic heterocycles. The average Bonchev–Trinajstić information content (AvgIpc) is 2.68. The Morgan fingerprint density at radius 1 is 0.600 bits per heavy atom. The zero-order valence-corrected chi connectivity index (χ0v) is 23.0. The smallest absolute Gasteiger partial charge is 0.748 e. The molecule has 0 bridgehead atoms. The molecule has 6 heteroatoms. The molecule has 0 fully saturated rings. The van der Waals surface area contributed by atoms with Gasteiger partial charge in [-0.1, -0.05) is 122 Å². The zero-order chi connectivity index (χ0) is 21.6. The van der Waals surface area contributed by atoms with Gasteiger partial charge in [-0.15, -0.1) is 0 Å². The fraction of sp³-hybridized carbons (Fsp3) is 1.00. The molecule has 0 spiro atoms. The number of aliphatic hydroxyl groups is 1. The van der Waals surface area contributed by atoms with Crippen LogP contribution in [-0.4, -0.2) is 29.9 Å². The van der Waals surface area contributed by atoms with Crippen LogP contribution in [0.4, 0.5) is 0 Å². The third-order valence-corrected chi connectivity index (χ3v) is 7.26. The Balaban J connectivity index is 0. The Labute approximate surface area is 210 Å². The fourth-order valence-corrected chi connectivity index (χ4v) is 4.92. The molecule has 0 rings (SSSR count). The first-order valence-corrected chi connectivity index (χ1v) is 14.0. The van der Waals surface area contributed by atoms with Crippen molar-refractivity contribution < 1.29 is 47.6 Å².